The van der Waals surface area contributed by atoms with Gasteiger partial charge in [0.1, 0.15) is 0 Å². The van der Waals surface area contributed by atoms with Gasteiger partial charge in [0.2, 0.25) is 5.78 Å². The molecule has 0 amide bonds. The number of rotatable bonds is 1. The summed E-state index contributed by atoms with van der Waals surface area (Å²) in [5.74, 6) is 0.623. The molecular formula is C17H17N5O2. The molecular weight excluding hydrogens is 306 g/mol. The highest BCUT2D eigenvalue weighted by Gasteiger charge is 2.21. The number of hydrogen-bond donors (Lipinski definition) is 1. The van der Waals surface area contributed by atoms with Gasteiger partial charge in [0.25, 0.3) is 5.56 Å². The number of fused-ring (bicyclic) bond motifs is 3. The maximum absolute atomic E-state index is 12.4. The van der Waals surface area contributed by atoms with Gasteiger partial charge in [0.15, 0.2) is 11.2 Å². The molecule has 0 fully saturated rings. The Morgan fingerprint density at radius 3 is 2.54 bits per heavy atom. The summed E-state index contributed by atoms with van der Waals surface area (Å²) in [6.07, 6.45) is 0. The second-order valence-electron chi connectivity index (χ2n) is 6.08. The topological polar surface area (TPSA) is 77.1 Å². The van der Waals surface area contributed by atoms with Gasteiger partial charge in [-0.1, -0.05) is 12.1 Å². The van der Waals surface area contributed by atoms with Gasteiger partial charge in [0, 0.05) is 24.1 Å². The van der Waals surface area contributed by atoms with E-state index in [1.54, 1.807) is 7.05 Å². The lowest BCUT2D eigenvalue weighted by Crippen LogP contribution is -2.28. The highest BCUT2D eigenvalue weighted by atomic mass is 16.2. The van der Waals surface area contributed by atoms with E-state index in [4.69, 9.17) is 0 Å². The largest absolute Gasteiger partial charge is 0.329 e. The smallest absolute Gasteiger partial charge is 0.283 e. The highest BCUT2D eigenvalue weighted by molar-refractivity contribution is 5.77. The van der Waals surface area contributed by atoms with Crippen LogP contribution in [-0.4, -0.2) is 23.5 Å². The molecule has 0 aliphatic carbocycles. The molecule has 7 heteroatoms. The molecule has 7 nitrogen and oxygen atoms in total. The number of aromatic nitrogens is 5. The third-order valence-corrected chi connectivity index (χ3v) is 4.55. The summed E-state index contributed by atoms with van der Waals surface area (Å²) in [7, 11) is 1.60. The van der Waals surface area contributed by atoms with Gasteiger partial charge in [-0.15, -0.1) is 0 Å². The number of nitrogens with one attached hydrogen (secondary N) is 1. The summed E-state index contributed by atoms with van der Waals surface area (Å²) >= 11 is 0. The Hall–Kier alpha value is -3.09. The first-order valence-electron chi connectivity index (χ1n) is 7.66. The number of aryl methyl sites for hydroxylation is 3. The zero-order chi connectivity index (χ0) is 17.2. The SMILES string of the molecule is Cc1cccc(-n2c(C)c(C)n3c4c(=O)[nH]c(=O)n(C)c4nc23)c1. The molecule has 4 rings (SSSR count). The van der Waals surface area contributed by atoms with Gasteiger partial charge < -0.3 is 0 Å². The Morgan fingerprint density at radius 2 is 1.83 bits per heavy atom. The summed E-state index contributed by atoms with van der Waals surface area (Å²) in [5.41, 5.74) is 3.90. The number of benzene rings is 1. The lowest BCUT2D eigenvalue weighted by Gasteiger charge is -2.07. The third-order valence-electron chi connectivity index (χ3n) is 4.55. The Balaban J connectivity index is 2.25. The maximum Gasteiger partial charge on any atom is 0.329 e. The summed E-state index contributed by atoms with van der Waals surface area (Å²) in [6, 6.07) is 8.08. The predicted molar refractivity (Wildman–Crippen MR) is 92.1 cm³/mol. The highest BCUT2D eigenvalue weighted by Crippen LogP contribution is 2.24. The van der Waals surface area contributed by atoms with Crippen molar-refractivity contribution in [1.82, 2.24) is 23.5 Å². The molecule has 24 heavy (non-hydrogen) atoms. The van der Waals surface area contributed by atoms with Crippen LogP contribution in [0.25, 0.3) is 22.6 Å². The number of H-pyrrole nitrogens is 1. The van der Waals surface area contributed by atoms with Gasteiger partial charge in [0.05, 0.1) is 0 Å². The van der Waals surface area contributed by atoms with E-state index in [1.165, 1.54) is 4.57 Å². The zero-order valence-corrected chi connectivity index (χ0v) is 13.9. The lowest BCUT2D eigenvalue weighted by molar-refractivity contribution is 0.830. The van der Waals surface area contributed by atoms with Crippen LogP contribution in [0.5, 0.6) is 0 Å². The Labute approximate surface area is 136 Å². The fourth-order valence-electron chi connectivity index (χ4n) is 3.19. The van der Waals surface area contributed by atoms with Crippen molar-refractivity contribution in [3.8, 4) is 5.69 Å². The first-order valence-corrected chi connectivity index (χ1v) is 7.66. The molecule has 0 aliphatic heterocycles. The molecule has 0 radical (unpaired) electrons. The molecule has 0 bridgehead atoms. The summed E-state index contributed by atoms with van der Waals surface area (Å²) < 4.78 is 5.18. The van der Waals surface area contributed by atoms with E-state index in [2.05, 4.69) is 16.0 Å². The lowest BCUT2D eigenvalue weighted by atomic mass is 10.2. The summed E-state index contributed by atoms with van der Waals surface area (Å²) in [6.45, 7) is 5.97. The van der Waals surface area contributed by atoms with Gasteiger partial charge in [-0.05, 0) is 38.5 Å². The standard InChI is InChI=1S/C17H17N5O2/c1-9-6-5-7-12(8-9)21-10(2)11(3)22-13-14(18-16(21)22)20(4)17(24)19-15(13)23/h5-8H,1-4H3,(H,19,23,24). The predicted octanol–water partition coefficient (Wildman–Crippen LogP) is 1.59. The first kappa shape index (κ1) is 14.5. The summed E-state index contributed by atoms with van der Waals surface area (Å²) in [4.78, 5) is 31.1. The molecule has 0 aliphatic rings. The van der Waals surface area contributed by atoms with Crippen LogP contribution in [0.4, 0.5) is 0 Å². The molecule has 0 atom stereocenters. The van der Waals surface area contributed by atoms with Crippen molar-refractivity contribution in [2.24, 2.45) is 7.05 Å². The fourth-order valence-corrected chi connectivity index (χ4v) is 3.19. The van der Waals surface area contributed by atoms with Crippen LogP contribution in [0.3, 0.4) is 0 Å². The van der Waals surface area contributed by atoms with Crippen molar-refractivity contribution in [3.05, 3.63) is 62.1 Å². The van der Waals surface area contributed by atoms with Crippen molar-refractivity contribution < 1.29 is 0 Å². The molecule has 3 aromatic heterocycles. The van der Waals surface area contributed by atoms with Crippen LogP contribution in [0.15, 0.2) is 33.9 Å². The number of hydrogen-bond acceptors (Lipinski definition) is 3. The number of aromatic amines is 1. The van der Waals surface area contributed by atoms with Crippen molar-refractivity contribution >= 4 is 16.9 Å². The minimum absolute atomic E-state index is 0.378. The van der Waals surface area contributed by atoms with Crippen LogP contribution in [0.2, 0.25) is 0 Å². The van der Waals surface area contributed by atoms with E-state index in [0.717, 1.165) is 22.6 Å². The van der Waals surface area contributed by atoms with E-state index in [1.807, 2.05) is 47.9 Å². The van der Waals surface area contributed by atoms with E-state index in [-0.39, 0.29) is 0 Å². The Morgan fingerprint density at radius 1 is 1.08 bits per heavy atom. The van der Waals surface area contributed by atoms with Gasteiger partial charge >= 0.3 is 5.69 Å². The minimum atomic E-state index is -0.468. The maximum atomic E-state index is 12.4. The first-order chi connectivity index (χ1) is 11.4. The molecule has 1 N–H and O–H groups in total. The number of nitrogens with zero attached hydrogens (tertiary/aromatic N) is 4. The Kier molecular flexibility index (Phi) is 2.84. The molecule has 122 valence electrons. The van der Waals surface area contributed by atoms with Crippen LogP contribution >= 0.6 is 0 Å². The number of imidazole rings is 2. The fraction of sp³-hybridized carbons (Fsp3) is 0.235. The molecule has 0 spiro atoms. The second kappa shape index (κ2) is 4.70. The van der Waals surface area contributed by atoms with Crippen molar-refractivity contribution in [3.63, 3.8) is 0 Å². The van der Waals surface area contributed by atoms with Crippen LogP contribution in [0.1, 0.15) is 17.0 Å². The zero-order valence-electron chi connectivity index (χ0n) is 13.9. The molecule has 3 heterocycles. The molecule has 1 aromatic carbocycles. The monoisotopic (exact) mass is 323 g/mol. The van der Waals surface area contributed by atoms with Crippen LogP contribution in [0, 0.1) is 20.8 Å². The summed E-state index contributed by atoms with van der Waals surface area (Å²) in [5, 5.41) is 0. The van der Waals surface area contributed by atoms with Crippen molar-refractivity contribution in [1.29, 1.82) is 0 Å². The van der Waals surface area contributed by atoms with Crippen molar-refractivity contribution in [2.45, 2.75) is 20.8 Å². The molecule has 0 unspecified atom stereocenters. The normalized spacial score (nSPS) is 11.7. The third kappa shape index (κ3) is 1.75. The van der Waals surface area contributed by atoms with Crippen molar-refractivity contribution in [2.75, 3.05) is 0 Å². The van der Waals surface area contributed by atoms with E-state index in [9.17, 15) is 9.59 Å². The van der Waals surface area contributed by atoms with E-state index >= 15 is 0 Å². The molecule has 0 saturated carbocycles. The van der Waals surface area contributed by atoms with Crippen LogP contribution < -0.4 is 11.2 Å². The van der Waals surface area contributed by atoms with Gasteiger partial charge in [-0.2, -0.15) is 4.98 Å². The van der Waals surface area contributed by atoms with E-state index < -0.39 is 11.2 Å². The molecule has 0 saturated heterocycles. The minimum Gasteiger partial charge on any atom is -0.283 e. The average Bonchev–Trinajstić information content (AvgIpc) is 3.02. The van der Waals surface area contributed by atoms with E-state index in [0.29, 0.717) is 16.9 Å². The van der Waals surface area contributed by atoms with Gasteiger partial charge in [-0.25, -0.2) is 4.79 Å². The van der Waals surface area contributed by atoms with Gasteiger partial charge in [-0.3, -0.25) is 23.3 Å². The van der Waals surface area contributed by atoms with Crippen LogP contribution in [-0.2, 0) is 7.05 Å². The second-order valence-corrected chi connectivity index (χ2v) is 6.08. The average molecular weight is 323 g/mol. The quantitative estimate of drug-likeness (QED) is 0.578. The molecule has 4 aromatic rings. The Bertz CT molecular complexity index is 1240.